The number of ether oxygens (including phenoxy) is 1. The Morgan fingerprint density at radius 1 is 0.456 bits per heavy atom. The lowest BCUT2D eigenvalue weighted by Gasteiger charge is -2.27. The van der Waals surface area contributed by atoms with Crippen molar-refractivity contribution in [1.29, 1.82) is 0 Å². The fourth-order valence-corrected chi connectivity index (χ4v) is 10.0. The molecule has 0 rings (SSSR count). The van der Waals surface area contributed by atoms with Crippen LogP contribution in [0.2, 0.25) is 0 Å². The Balaban J connectivity index is 5.21. The highest BCUT2D eigenvalue weighted by Crippen LogP contribution is 2.43. The summed E-state index contributed by atoms with van der Waals surface area (Å²) in [6, 6.07) is -0.856. The van der Waals surface area contributed by atoms with Crippen molar-refractivity contribution in [2.75, 3.05) is 40.9 Å². The Morgan fingerprint density at radius 3 is 1.22 bits per heavy atom. The van der Waals surface area contributed by atoms with Gasteiger partial charge in [0.05, 0.1) is 33.8 Å². The molecule has 0 aromatic rings. The first kappa shape index (κ1) is 76.2. The summed E-state index contributed by atoms with van der Waals surface area (Å²) in [5.41, 5.74) is 0. The van der Waals surface area contributed by atoms with Gasteiger partial charge in [-0.3, -0.25) is 18.6 Å². The number of nitrogens with one attached hydrogen (secondary N) is 1. The molecule has 3 atom stereocenters. The van der Waals surface area contributed by atoms with Gasteiger partial charge in [0, 0.05) is 12.8 Å². The first-order chi connectivity index (χ1) is 38.4. The van der Waals surface area contributed by atoms with E-state index in [0.717, 1.165) is 122 Å². The Kier molecular flexibility index (Phi) is 56.3. The lowest BCUT2D eigenvalue weighted by molar-refractivity contribution is -0.870. The maximum atomic E-state index is 13.6. The van der Waals surface area contributed by atoms with E-state index in [0.29, 0.717) is 17.4 Å². The maximum Gasteiger partial charge on any atom is 0.472 e. The molecule has 0 aliphatic rings. The largest absolute Gasteiger partial charge is 0.472 e. The van der Waals surface area contributed by atoms with Crippen molar-refractivity contribution in [3.63, 3.8) is 0 Å². The normalized spacial score (nSPS) is 14.2. The molecule has 1 amide bonds. The Labute approximate surface area is 488 Å². The second-order valence-electron chi connectivity index (χ2n) is 23.3. The Morgan fingerprint density at radius 2 is 0.810 bits per heavy atom. The molecule has 0 aromatic heterocycles. The number of hydrogen-bond acceptors (Lipinski definition) is 6. The summed E-state index contributed by atoms with van der Waals surface area (Å²) < 4.78 is 30.7. The fraction of sp³-hybridized carbons (Fsp3) is 0.768. The minimum atomic E-state index is -4.46. The zero-order chi connectivity index (χ0) is 57.9. The summed E-state index contributed by atoms with van der Waals surface area (Å²) in [5.74, 6) is -0.516. The molecular formula is C69H126N2O7P+. The zero-order valence-corrected chi connectivity index (χ0v) is 53.2. The molecule has 79 heavy (non-hydrogen) atoms. The van der Waals surface area contributed by atoms with Gasteiger partial charge in [0.2, 0.25) is 5.91 Å². The van der Waals surface area contributed by atoms with Crippen LogP contribution in [0.3, 0.4) is 0 Å². The standard InChI is InChI=1S/C69H125N2O7P/c1-7-10-13-16-19-22-25-28-30-31-32-33-34-35-36-37-38-39-41-44-47-50-53-56-59-62-69(73)78-67(60-57-54-51-48-45-42-27-24-21-18-15-12-9-3)66(65-77-79(74,75)76-64-63-71(4,5)6)70-68(72)61-58-55-52-49-46-43-40-29-26-23-20-17-14-11-8-2/h10,13,19,22,28,30,32-33,35-36,38-39,57,60,66-67H,7-9,11-12,14-18,20-21,23-27,29,31,34,37,40-56,58-59,61-65H2,1-6H3,(H-,70,72,74,75)/p+1/b13-10-,22-19-,30-28-,33-32-,36-35-,39-38-,60-57+. The number of nitrogens with zero attached hydrogens (tertiary/aromatic N) is 1. The number of amides is 1. The number of unbranched alkanes of at least 4 members (excludes halogenated alkanes) is 31. The van der Waals surface area contributed by atoms with E-state index >= 15 is 0 Å². The van der Waals surface area contributed by atoms with Crippen molar-refractivity contribution < 1.29 is 37.3 Å². The molecule has 458 valence electrons. The Hall–Kier alpha value is -2.81. The number of allylic oxidation sites excluding steroid dienone is 13. The van der Waals surface area contributed by atoms with E-state index in [2.05, 4.69) is 99.0 Å². The summed E-state index contributed by atoms with van der Waals surface area (Å²) >= 11 is 0. The summed E-state index contributed by atoms with van der Waals surface area (Å²) in [7, 11) is 1.49. The summed E-state index contributed by atoms with van der Waals surface area (Å²) in [6.45, 7) is 6.91. The summed E-state index contributed by atoms with van der Waals surface area (Å²) in [4.78, 5) is 37.8. The van der Waals surface area contributed by atoms with Crippen LogP contribution in [0.1, 0.15) is 290 Å². The first-order valence-electron chi connectivity index (χ1n) is 32.9. The van der Waals surface area contributed by atoms with Crippen molar-refractivity contribution in [2.24, 2.45) is 0 Å². The molecule has 0 aliphatic heterocycles. The molecule has 0 saturated heterocycles. The SMILES string of the molecule is CC/C=C\C/C=C\C/C=C\C/C=C\C/C=C\C/C=C\CCCCCCCCC(=O)OC(/C=C/CCCCCCCCCCCCC)C(COP(=O)(O)OCC[N+](C)(C)C)NC(=O)CCCCCCCCCCCCCCCCC. The lowest BCUT2D eigenvalue weighted by Crippen LogP contribution is -2.47. The number of phosphoric acid groups is 1. The summed E-state index contributed by atoms with van der Waals surface area (Å²) in [5, 5.41) is 3.06. The minimum Gasteiger partial charge on any atom is -0.456 e. The fourth-order valence-electron chi connectivity index (χ4n) is 9.30. The molecule has 0 spiro atoms. The van der Waals surface area contributed by atoms with Gasteiger partial charge in [-0.15, -0.1) is 0 Å². The number of phosphoric ester groups is 1. The molecule has 0 fully saturated rings. The van der Waals surface area contributed by atoms with E-state index in [1.165, 1.54) is 135 Å². The third-order valence-corrected chi connectivity index (χ3v) is 15.3. The van der Waals surface area contributed by atoms with E-state index in [1.54, 1.807) is 0 Å². The number of hydrogen-bond donors (Lipinski definition) is 2. The highest BCUT2D eigenvalue weighted by molar-refractivity contribution is 7.47. The van der Waals surface area contributed by atoms with E-state index in [1.807, 2.05) is 33.3 Å². The molecule has 0 radical (unpaired) electrons. The van der Waals surface area contributed by atoms with Gasteiger partial charge in [-0.05, 0) is 83.1 Å². The van der Waals surface area contributed by atoms with Crippen molar-refractivity contribution in [1.82, 2.24) is 5.32 Å². The van der Waals surface area contributed by atoms with Crippen LogP contribution in [-0.2, 0) is 27.9 Å². The molecule has 3 unspecified atom stereocenters. The van der Waals surface area contributed by atoms with Gasteiger partial charge in [0.1, 0.15) is 19.3 Å². The van der Waals surface area contributed by atoms with Crippen LogP contribution in [0.4, 0.5) is 0 Å². The number of carbonyl (C=O) groups excluding carboxylic acids is 2. The van der Waals surface area contributed by atoms with E-state index in [4.69, 9.17) is 13.8 Å². The molecule has 0 aliphatic carbocycles. The van der Waals surface area contributed by atoms with E-state index < -0.39 is 20.0 Å². The number of esters is 1. The second kappa shape index (κ2) is 58.4. The average Bonchev–Trinajstić information content (AvgIpc) is 3.41. The molecule has 0 aromatic carbocycles. The van der Waals surface area contributed by atoms with Crippen molar-refractivity contribution in [3.05, 3.63) is 85.1 Å². The van der Waals surface area contributed by atoms with Gasteiger partial charge in [0.15, 0.2) is 0 Å². The highest BCUT2D eigenvalue weighted by Gasteiger charge is 2.30. The van der Waals surface area contributed by atoms with Crippen LogP contribution in [0, 0.1) is 0 Å². The van der Waals surface area contributed by atoms with Crippen LogP contribution in [0.5, 0.6) is 0 Å². The second-order valence-corrected chi connectivity index (χ2v) is 24.7. The number of quaternary nitrogens is 1. The minimum absolute atomic E-state index is 0.0360. The van der Waals surface area contributed by atoms with Crippen LogP contribution < -0.4 is 5.32 Å². The molecular weight excluding hydrogens is 1000 g/mol. The van der Waals surface area contributed by atoms with Gasteiger partial charge in [-0.25, -0.2) is 4.57 Å². The monoisotopic (exact) mass is 1130 g/mol. The average molecular weight is 1130 g/mol. The highest BCUT2D eigenvalue weighted by atomic mass is 31.2. The number of rotatable bonds is 59. The summed E-state index contributed by atoms with van der Waals surface area (Å²) in [6.07, 6.45) is 77.2. The predicted molar refractivity (Wildman–Crippen MR) is 341 cm³/mol. The predicted octanol–water partition coefficient (Wildman–Crippen LogP) is 20.6. The van der Waals surface area contributed by atoms with E-state index in [9.17, 15) is 19.0 Å². The van der Waals surface area contributed by atoms with Gasteiger partial charge in [0.25, 0.3) is 0 Å². The third-order valence-electron chi connectivity index (χ3n) is 14.3. The first-order valence-corrected chi connectivity index (χ1v) is 34.4. The lowest BCUT2D eigenvalue weighted by atomic mass is 10.0. The van der Waals surface area contributed by atoms with Crippen LogP contribution in [-0.4, -0.2) is 74.3 Å². The Bertz CT molecular complexity index is 1630. The molecule has 0 bridgehead atoms. The smallest absolute Gasteiger partial charge is 0.456 e. The molecule has 0 heterocycles. The topological polar surface area (TPSA) is 111 Å². The van der Waals surface area contributed by atoms with Gasteiger partial charge < -0.3 is 19.4 Å². The van der Waals surface area contributed by atoms with Gasteiger partial charge in [-0.2, -0.15) is 0 Å². The maximum absolute atomic E-state index is 13.6. The van der Waals surface area contributed by atoms with E-state index in [-0.39, 0.29) is 31.5 Å². The number of carbonyl (C=O) groups is 2. The van der Waals surface area contributed by atoms with Crippen LogP contribution in [0.15, 0.2) is 85.1 Å². The zero-order valence-electron chi connectivity index (χ0n) is 52.3. The van der Waals surface area contributed by atoms with Crippen molar-refractivity contribution in [3.8, 4) is 0 Å². The van der Waals surface area contributed by atoms with Crippen molar-refractivity contribution >= 4 is 19.7 Å². The molecule has 0 saturated carbocycles. The third kappa shape index (κ3) is 59.6. The van der Waals surface area contributed by atoms with Gasteiger partial charge in [-0.1, -0.05) is 280 Å². The van der Waals surface area contributed by atoms with Crippen molar-refractivity contribution in [2.45, 2.75) is 303 Å². The molecule has 9 nitrogen and oxygen atoms in total. The quantitative estimate of drug-likeness (QED) is 0.0205. The van der Waals surface area contributed by atoms with Crippen LogP contribution in [0.25, 0.3) is 0 Å². The van der Waals surface area contributed by atoms with Gasteiger partial charge >= 0.3 is 13.8 Å². The molecule has 2 N–H and O–H groups in total. The molecule has 10 heteroatoms. The number of likely N-dealkylation sites (N-methyl/N-ethyl adjacent to an activating group) is 1. The van der Waals surface area contributed by atoms with Crippen LogP contribution >= 0.6 is 7.82 Å².